The van der Waals surface area contributed by atoms with Crippen LogP contribution in [0.15, 0.2) is 30.5 Å². The first-order valence-electron chi connectivity index (χ1n) is 6.08. The minimum atomic E-state index is -0.313. The highest BCUT2D eigenvalue weighted by molar-refractivity contribution is 5.83. The van der Waals surface area contributed by atoms with Crippen LogP contribution in [0.2, 0.25) is 0 Å². The van der Waals surface area contributed by atoms with E-state index in [4.69, 9.17) is 5.73 Å². The average molecular weight is 232 g/mol. The van der Waals surface area contributed by atoms with E-state index >= 15 is 0 Å². The van der Waals surface area contributed by atoms with Gasteiger partial charge in [0.2, 0.25) is 0 Å². The third-order valence-electron chi connectivity index (χ3n) is 3.28. The first-order chi connectivity index (χ1) is 8.13. The minimum absolute atomic E-state index is 0.269. The van der Waals surface area contributed by atoms with Crippen molar-refractivity contribution >= 4 is 10.9 Å². The molecule has 1 unspecified atom stereocenters. The van der Waals surface area contributed by atoms with Crippen LogP contribution < -0.4 is 5.73 Å². The van der Waals surface area contributed by atoms with Gasteiger partial charge >= 0.3 is 0 Å². The maximum absolute atomic E-state index is 9.94. The summed E-state index contributed by atoms with van der Waals surface area (Å²) in [5, 5.41) is 11.1. The number of benzene rings is 1. The van der Waals surface area contributed by atoms with E-state index in [2.05, 4.69) is 16.7 Å². The van der Waals surface area contributed by atoms with Crippen molar-refractivity contribution in [3.8, 4) is 0 Å². The fraction of sp³-hybridized carbons (Fsp3) is 0.429. The lowest BCUT2D eigenvalue weighted by Crippen LogP contribution is -2.21. The Morgan fingerprint density at radius 3 is 2.71 bits per heavy atom. The Hall–Kier alpha value is -1.32. The van der Waals surface area contributed by atoms with E-state index in [1.165, 1.54) is 5.39 Å². The maximum atomic E-state index is 9.94. The van der Waals surface area contributed by atoms with Gasteiger partial charge in [0.15, 0.2) is 0 Å². The number of nitrogens with zero attached hydrogens (tertiary/aromatic N) is 1. The number of nitrogens with two attached hydrogens (primary N) is 1. The maximum Gasteiger partial charge on any atom is 0.0741 e. The summed E-state index contributed by atoms with van der Waals surface area (Å²) in [5.74, 6) is 0.269. The molecule has 1 aromatic carbocycles. The highest BCUT2D eigenvalue weighted by Gasteiger charge is 2.12. The molecule has 0 aliphatic heterocycles. The number of aliphatic hydroxyl groups excluding tert-OH is 1. The summed E-state index contributed by atoms with van der Waals surface area (Å²) >= 11 is 0. The molecule has 2 rings (SSSR count). The molecule has 1 aromatic heterocycles. The predicted molar refractivity (Wildman–Crippen MR) is 70.7 cm³/mol. The lowest BCUT2D eigenvalue weighted by atomic mass is 10.1. The lowest BCUT2D eigenvalue weighted by Gasteiger charge is -2.16. The Balaban J connectivity index is 2.36. The van der Waals surface area contributed by atoms with Crippen molar-refractivity contribution in [3.63, 3.8) is 0 Å². The van der Waals surface area contributed by atoms with Gasteiger partial charge in [0, 0.05) is 30.2 Å². The fourth-order valence-corrected chi connectivity index (χ4v) is 2.04. The largest absolute Gasteiger partial charge is 0.391 e. The summed E-state index contributed by atoms with van der Waals surface area (Å²) < 4.78 is 2.10. The highest BCUT2D eigenvalue weighted by Crippen LogP contribution is 2.21. The molecule has 0 bridgehead atoms. The van der Waals surface area contributed by atoms with Gasteiger partial charge in [-0.3, -0.25) is 0 Å². The molecule has 2 aromatic rings. The SMILES string of the molecule is CC(C)C(O)Cn1ccc2c(CN)cccc21. The van der Waals surface area contributed by atoms with Crippen molar-refractivity contribution in [2.45, 2.75) is 33.0 Å². The van der Waals surface area contributed by atoms with Crippen LogP contribution in [0.25, 0.3) is 10.9 Å². The molecule has 0 aliphatic carbocycles. The van der Waals surface area contributed by atoms with Crippen molar-refractivity contribution in [3.05, 3.63) is 36.0 Å². The van der Waals surface area contributed by atoms with Crippen LogP contribution in [-0.2, 0) is 13.1 Å². The molecular weight excluding hydrogens is 212 g/mol. The summed E-state index contributed by atoms with van der Waals surface area (Å²) in [4.78, 5) is 0. The topological polar surface area (TPSA) is 51.2 Å². The van der Waals surface area contributed by atoms with E-state index < -0.39 is 0 Å². The van der Waals surface area contributed by atoms with Gasteiger partial charge in [-0.25, -0.2) is 0 Å². The van der Waals surface area contributed by atoms with Crippen molar-refractivity contribution in [1.82, 2.24) is 4.57 Å². The van der Waals surface area contributed by atoms with E-state index in [-0.39, 0.29) is 12.0 Å². The lowest BCUT2D eigenvalue weighted by molar-refractivity contribution is 0.108. The van der Waals surface area contributed by atoms with Gasteiger partial charge in [-0.15, -0.1) is 0 Å². The Morgan fingerprint density at radius 1 is 1.29 bits per heavy atom. The summed E-state index contributed by atoms with van der Waals surface area (Å²) in [5.41, 5.74) is 8.02. The number of rotatable bonds is 4. The van der Waals surface area contributed by atoms with Crippen LogP contribution in [0, 0.1) is 5.92 Å². The van der Waals surface area contributed by atoms with Crippen LogP contribution in [0.5, 0.6) is 0 Å². The quantitative estimate of drug-likeness (QED) is 0.848. The normalized spacial score (nSPS) is 13.5. The van der Waals surface area contributed by atoms with Gasteiger partial charge in [0.1, 0.15) is 0 Å². The summed E-state index contributed by atoms with van der Waals surface area (Å²) in [6, 6.07) is 8.21. The number of fused-ring (bicyclic) bond motifs is 1. The van der Waals surface area contributed by atoms with E-state index in [1.54, 1.807) is 0 Å². The summed E-state index contributed by atoms with van der Waals surface area (Å²) in [7, 11) is 0. The van der Waals surface area contributed by atoms with E-state index in [1.807, 2.05) is 32.2 Å². The number of aliphatic hydroxyl groups is 1. The molecule has 3 nitrogen and oxygen atoms in total. The smallest absolute Gasteiger partial charge is 0.0741 e. The van der Waals surface area contributed by atoms with Crippen LogP contribution in [-0.4, -0.2) is 15.8 Å². The number of hydrogen-bond donors (Lipinski definition) is 2. The zero-order valence-electron chi connectivity index (χ0n) is 10.4. The van der Waals surface area contributed by atoms with Crippen molar-refractivity contribution in [2.24, 2.45) is 11.7 Å². The molecule has 0 fully saturated rings. The molecule has 0 radical (unpaired) electrons. The zero-order chi connectivity index (χ0) is 12.4. The molecule has 0 saturated carbocycles. The van der Waals surface area contributed by atoms with Gasteiger partial charge in [-0.05, 0) is 23.6 Å². The molecule has 0 saturated heterocycles. The van der Waals surface area contributed by atoms with Gasteiger partial charge in [0.25, 0.3) is 0 Å². The Labute approximate surface area is 102 Å². The van der Waals surface area contributed by atoms with Gasteiger partial charge in [-0.2, -0.15) is 0 Å². The summed E-state index contributed by atoms with van der Waals surface area (Å²) in [6.07, 6.45) is 1.71. The Morgan fingerprint density at radius 2 is 2.06 bits per heavy atom. The molecule has 1 atom stereocenters. The predicted octanol–water partition coefficient (Wildman–Crippen LogP) is 2.12. The second kappa shape index (κ2) is 4.90. The van der Waals surface area contributed by atoms with E-state index in [0.717, 1.165) is 11.1 Å². The monoisotopic (exact) mass is 232 g/mol. The van der Waals surface area contributed by atoms with E-state index in [9.17, 15) is 5.11 Å². The summed E-state index contributed by atoms with van der Waals surface area (Å²) in [6.45, 7) is 5.24. The number of aromatic nitrogens is 1. The minimum Gasteiger partial charge on any atom is -0.391 e. The third-order valence-corrected chi connectivity index (χ3v) is 3.28. The Kier molecular flexibility index (Phi) is 3.50. The molecule has 3 heteroatoms. The van der Waals surface area contributed by atoms with Gasteiger partial charge in [-0.1, -0.05) is 26.0 Å². The first kappa shape index (κ1) is 12.1. The standard InChI is InChI=1S/C14H20N2O/c1-10(2)14(17)9-16-7-6-12-11(8-15)4-3-5-13(12)16/h3-7,10,14,17H,8-9,15H2,1-2H3. The molecule has 0 amide bonds. The van der Waals surface area contributed by atoms with Crippen LogP contribution in [0.1, 0.15) is 19.4 Å². The van der Waals surface area contributed by atoms with Crippen molar-refractivity contribution in [2.75, 3.05) is 0 Å². The molecule has 1 heterocycles. The van der Waals surface area contributed by atoms with E-state index in [0.29, 0.717) is 13.1 Å². The van der Waals surface area contributed by atoms with Gasteiger partial charge < -0.3 is 15.4 Å². The molecule has 3 N–H and O–H groups in total. The van der Waals surface area contributed by atoms with Crippen molar-refractivity contribution < 1.29 is 5.11 Å². The third kappa shape index (κ3) is 2.35. The average Bonchev–Trinajstić information content (AvgIpc) is 2.72. The fourth-order valence-electron chi connectivity index (χ4n) is 2.04. The second-order valence-corrected chi connectivity index (χ2v) is 4.83. The molecule has 92 valence electrons. The molecule has 0 spiro atoms. The van der Waals surface area contributed by atoms with Crippen LogP contribution >= 0.6 is 0 Å². The van der Waals surface area contributed by atoms with Gasteiger partial charge in [0.05, 0.1) is 6.10 Å². The Bertz CT molecular complexity index is 502. The second-order valence-electron chi connectivity index (χ2n) is 4.83. The van der Waals surface area contributed by atoms with Crippen LogP contribution in [0.3, 0.4) is 0 Å². The first-order valence-corrected chi connectivity index (χ1v) is 6.08. The van der Waals surface area contributed by atoms with Crippen molar-refractivity contribution in [1.29, 1.82) is 0 Å². The highest BCUT2D eigenvalue weighted by atomic mass is 16.3. The van der Waals surface area contributed by atoms with Crippen LogP contribution in [0.4, 0.5) is 0 Å². The molecular formula is C14H20N2O. The number of hydrogen-bond acceptors (Lipinski definition) is 2. The zero-order valence-corrected chi connectivity index (χ0v) is 10.4. The molecule has 0 aliphatic rings. The molecule has 17 heavy (non-hydrogen) atoms.